The van der Waals surface area contributed by atoms with Crippen LogP contribution in [0.25, 0.3) is 0 Å². The highest BCUT2D eigenvalue weighted by Gasteiger charge is 2.33. The van der Waals surface area contributed by atoms with E-state index in [1.807, 2.05) is 43.3 Å². The van der Waals surface area contributed by atoms with Gasteiger partial charge in [-0.1, -0.05) is 24.3 Å². The third-order valence-corrected chi connectivity index (χ3v) is 3.04. The maximum absolute atomic E-state index is 12.8. The number of hydrazone groups is 1. The first kappa shape index (κ1) is 15.9. The van der Waals surface area contributed by atoms with Crippen molar-refractivity contribution in [2.24, 2.45) is 5.10 Å². The summed E-state index contributed by atoms with van der Waals surface area (Å²) in [6.07, 6.45) is -2.93. The van der Waals surface area contributed by atoms with Gasteiger partial charge in [0, 0.05) is 19.8 Å². The predicted octanol–water partition coefficient (Wildman–Crippen LogP) is 4.22. The number of hydrogen-bond acceptors (Lipinski definition) is 3. The summed E-state index contributed by atoms with van der Waals surface area (Å²) in [5.41, 5.74) is 3.46. The van der Waals surface area contributed by atoms with Crippen LogP contribution in [-0.4, -0.2) is 20.3 Å². The van der Waals surface area contributed by atoms with Gasteiger partial charge in [0.25, 0.3) is 0 Å². The molecule has 0 amide bonds. The largest absolute Gasteiger partial charge is 0.418 e. The highest BCUT2D eigenvalue weighted by Crippen LogP contribution is 2.34. The highest BCUT2D eigenvalue weighted by atomic mass is 19.4. The van der Waals surface area contributed by atoms with E-state index in [1.165, 1.54) is 24.4 Å². The first-order valence-corrected chi connectivity index (χ1v) is 6.60. The van der Waals surface area contributed by atoms with Crippen LogP contribution in [-0.2, 0) is 6.18 Å². The summed E-state index contributed by atoms with van der Waals surface area (Å²) >= 11 is 0. The van der Waals surface area contributed by atoms with Crippen LogP contribution in [0.5, 0.6) is 0 Å². The van der Waals surface area contributed by atoms with Gasteiger partial charge >= 0.3 is 6.18 Å². The predicted molar refractivity (Wildman–Crippen MR) is 83.4 cm³/mol. The molecule has 0 bridgehead atoms. The second-order valence-corrected chi connectivity index (χ2v) is 4.90. The molecule has 0 atom stereocenters. The molecule has 0 aliphatic rings. The smallest absolute Gasteiger partial charge is 0.378 e. The molecule has 0 fully saturated rings. The number of alkyl halides is 3. The van der Waals surface area contributed by atoms with Gasteiger partial charge in [0.1, 0.15) is 0 Å². The lowest BCUT2D eigenvalue weighted by atomic mass is 10.2. The lowest BCUT2D eigenvalue weighted by molar-refractivity contribution is -0.136. The number of para-hydroxylation sites is 1. The molecule has 22 heavy (non-hydrogen) atoms. The summed E-state index contributed by atoms with van der Waals surface area (Å²) in [6.45, 7) is 0. The Balaban J connectivity index is 2.10. The molecular weight excluding hydrogens is 291 g/mol. The molecule has 116 valence electrons. The molecule has 0 radical (unpaired) electrons. The van der Waals surface area contributed by atoms with E-state index in [0.717, 1.165) is 17.3 Å². The number of hydrogen-bond donors (Lipinski definition) is 1. The lowest BCUT2D eigenvalue weighted by Crippen LogP contribution is -2.08. The molecule has 2 rings (SSSR count). The number of benzene rings is 2. The van der Waals surface area contributed by atoms with Crippen LogP contribution in [0.1, 0.15) is 11.1 Å². The van der Waals surface area contributed by atoms with Crippen molar-refractivity contribution in [3.05, 3.63) is 59.7 Å². The van der Waals surface area contributed by atoms with Crippen molar-refractivity contribution in [1.82, 2.24) is 0 Å². The fourth-order valence-corrected chi connectivity index (χ4v) is 1.86. The van der Waals surface area contributed by atoms with Crippen LogP contribution in [0.15, 0.2) is 53.6 Å². The second kappa shape index (κ2) is 6.51. The highest BCUT2D eigenvalue weighted by molar-refractivity contribution is 5.81. The van der Waals surface area contributed by atoms with Crippen LogP contribution in [0.2, 0.25) is 0 Å². The number of halogens is 3. The summed E-state index contributed by atoms with van der Waals surface area (Å²) in [5, 5.41) is 3.87. The number of anilines is 2. The van der Waals surface area contributed by atoms with Crippen LogP contribution < -0.4 is 10.3 Å². The normalized spacial score (nSPS) is 11.7. The van der Waals surface area contributed by atoms with Gasteiger partial charge in [0.2, 0.25) is 0 Å². The average molecular weight is 307 g/mol. The number of rotatable bonds is 4. The van der Waals surface area contributed by atoms with E-state index in [4.69, 9.17) is 0 Å². The molecule has 0 aromatic heterocycles. The van der Waals surface area contributed by atoms with Crippen LogP contribution in [0.4, 0.5) is 24.5 Å². The molecule has 0 aliphatic heterocycles. The van der Waals surface area contributed by atoms with E-state index in [2.05, 4.69) is 10.5 Å². The third-order valence-electron chi connectivity index (χ3n) is 3.04. The maximum atomic E-state index is 12.8. The number of nitrogens with zero attached hydrogens (tertiary/aromatic N) is 2. The molecule has 0 spiro atoms. The molecule has 3 nitrogen and oxygen atoms in total. The van der Waals surface area contributed by atoms with Crippen molar-refractivity contribution in [1.29, 1.82) is 0 Å². The summed E-state index contributed by atoms with van der Waals surface area (Å²) in [7, 11) is 3.86. The monoisotopic (exact) mass is 307 g/mol. The van der Waals surface area contributed by atoms with Gasteiger partial charge in [-0.2, -0.15) is 18.3 Å². The summed E-state index contributed by atoms with van der Waals surface area (Å²) in [6, 6.07) is 12.7. The molecule has 0 heterocycles. The van der Waals surface area contributed by atoms with Crippen molar-refractivity contribution in [2.45, 2.75) is 6.18 Å². The quantitative estimate of drug-likeness (QED) is 0.676. The summed E-state index contributed by atoms with van der Waals surface area (Å²) in [5.74, 6) is 0. The average Bonchev–Trinajstić information content (AvgIpc) is 2.47. The van der Waals surface area contributed by atoms with Gasteiger partial charge in [-0.3, -0.25) is 5.43 Å². The van der Waals surface area contributed by atoms with E-state index in [1.54, 1.807) is 0 Å². The van der Waals surface area contributed by atoms with Crippen molar-refractivity contribution < 1.29 is 13.2 Å². The lowest BCUT2D eigenvalue weighted by Gasteiger charge is -2.12. The minimum atomic E-state index is -4.41. The Hall–Kier alpha value is -2.50. The fraction of sp³-hybridized carbons (Fsp3) is 0.188. The molecule has 2 aromatic carbocycles. The van der Waals surface area contributed by atoms with Gasteiger partial charge in [-0.25, -0.2) is 0 Å². The molecule has 0 aliphatic carbocycles. The van der Waals surface area contributed by atoms with E-state index in [-0.39, 0.29) is 5.69 Å². The van der Waals surface area contributed by atoms with E-state index >= 15 is 0 Å². The zero-order valence-corrected chi connectivity index (χ0v) is 12.2. The van der Waals surface area contributed by atoms with E-state index in [9.17, 15) is 13.2 Å². The van der Waals surface area contributed by atoms with Crippen LogP contribution >= 0.6 is 0 Å². The Morgan fingerprint density at radius 2 is 1.64 bits per heavy atom. The molecular formula is C16H16F3N3. The van der Waals surface area contributed by atoms with Gasteiger partial charge in [0.15, 0.2) is 0 Å². The van der Waals surface area contributed by atoms with Crippen molar-refractivity contribution in [3.63, 3.8) is 0 Å². The molecule has 1 N–H and O–H groups in total. The SMILES string of the molecule is CN(C)c1ccc(C=NNc2ccccc2C(F)(F)F)cc1. The Bertz CT molecular complexity index is 646. The zero-order valence-electron chi connectivity index (χ0n) is 12.2. The van der Waals surface area contributed by atoms with Crippen LogP contribution in [0.3, 0.4) is 0 Å². The van der Waals surface area contributed by atoms with E-state index < -0.39 is 11.7 Å². The molecule has 6 heteroatoms. The van der Waals surface area contributed by atoms with Crippen molar-refractivity contribution in [2.75, 3.05) is 24.4 Å². The summed E-state index contributed by atoms with van der Waals surface area (Å²) < 4.78 is 38.5. The Morgan fingerprint density at radius 3 is 2.23 bits per heavy atom. The number of nitrogens with one attached hydrogen (secondary N) is 1. The van der Waals surface area contributed by atoms with Crippen molar-refractivity contribution in [3.8, 4) is 0 Å². The Kier molecular flexibility index (Phi) is 4.70. The van der Waals surface area contributed by atoms with Gasteiger partial charge in [-0.15, -0.1) is 0 Å². The Morgan fingerprint density at radius 1 is 1.00 bits per heavy atom. The van der Waals surface area contributed by atoms with Crippen LogP contribution in [0, 0.1) is 0 Å². The third kappa shape index (κ3) is 4.00. The molecule has 0 unspecified atom stereocenters. The zero-order chi connectivity index (χ0) is 16.2. The molecule has 0 saturated carbocycles. The van der Waals surface area contributed by atoms with Gasteiger partial charge in [0.05, 0.1) is 17.5 Å². The fourth-order valence-electron chi connectivity index (χ4n) is 1.86. The van der Waals surface area contributed by atoms with Gasteiger partial charge < -0.3 is 4.90 Å². The summed E-state index contributed by atoms with van der Waals surface area (Å²) in [4.78, 5) is 1.96. The first-order chi connectivity index (χ1) is 10.4. The standard InChI is InChI=1S/C16H16F3N3/c1-22(2)13-9-7-12(8-10-13)11-20-21-15-6-4-3-5-14(15)16(17,18)19/h3-11,21H,1-2H3. The molecule has 0 saturated heterocycles. The van der Waals surface area contributed by atoms with Gasteiger partial charge in [-0.05, 0) is 29.8 Å². The minimum absolute atomic E-state index is 0.0730. The van der Waals surface area contributed by atoms with Crippen molar-refractivity contribution >= 4 is 17.6 Å². The topological polar surface area (TPSA) is 27.6 Å². The molecule has 2 aromatic rings. The maximum Gasteiger partial charge on any atom is 0.418 e. The first-order valence-electron chi connectivity index (χ1n) is 6.60. The van der Waals surface area contributed by atoms with E-state index in [0.29, 0.717) is 0 Å². The minimum Gasteiger partial charge on any atom is -0.378 e. The second-order valence-electron chi connectivity index (χ2n) is 4.90. The Labute approximate surface area is 127 Å².